The van der Waals surface area contributed by atoms with Crippen LogP contribution in [0.1, 0.15) is 41.0 Å². The third-order valence-electron chi connectivity index (χ3n) is 5.69. The first-order valence-electron chi connectivity index (χ1n) is 9.70. The Hall–Kier alpha value is -3.28. The number of rotatable bonds is 5. The summed E-state index contributed by atoms with van der Waals surface area (Å²) in [6.45, 7) is 2.09. The molecule has 1 aromatic heterocycles. The standard InChI is InChI=1S/C23H22FN3O2/c1-16-14-20(28)21(26-27(16)19-11-6-5-10-18(19)24)22(29)25-15-23(12-7-13-23)17-8-3-2-4-9-17/h2-6,8-11,14H,7,12-13,15H2,1H3,(H,25,29). The first-order chi connectivity index (χ1) is 14.0. The molecule has 148 valence electrons. The van der Waals surface area contributed by atoms with Crippen LogP contribution in [0.4, 0.5) is 4.39 Å². The van der Waals surface area contributed by atoms with E-state index in [1.165, 1.54) is 22.4 Å². The molecule has 4 rings (SSSR count). The smallest absolute Gasteiger partial charge is 0.275 e. The van der Waals surface area contributed by atoms with E-state index in [0.29, 0.717) is 12.2 Å². The normalized spacial score (nSPS) is 14.8. The van der Waals surface area contributed by atoms with Crippen molar-refractivity contribution in [2.45, 2.75) is 31.6 Å². The monoisotopic (exact) mass is 391 g/mol. The van der Waals surface area contributed by atoms with Crippen LogP contribution in [0.2, 0.25) is 0 Å². The molecule has 6 heteroatoms. The third kappa shape index (κ3) is 3.58. The molecule has 1 fully saturated rings. The Labute approximate surface area is 168 Å². The molecular weight excluding hydrogens is 369 g/mol. The van der Waals surface area contributed by atoms with Gasteiger partial charge < -0.3 is 5.32 Å². The van der Waals surface area contributed by atoms with Gasteiger partial charge in [-0.3, -0.25) is 9.59 Å². The molecule has 1 N–H and O–H groups in total. The van der Waals surface area contributed by atoms with Gasteiger partial charge in [-0.25, -0.2) is 9.07 Å². The summed E-state index contributed by atoms with van der Waals surface area (Å²) in [7, 11) is 0. The van der Waals surface area contributed by atoms with Crippen molar-refractivity contribution in [3.05, 3.63) is 93.7 Å². The Morgan fingerprint density at radius 1 is 1.14 bits per heavy atom. The number of amides is 1. The van der Waals surface area contributed by atoms with Crippen molar-refractivity contribution in [3.8, 4) is 5.69 Å². The summed E-state index contributed by atoms with van der Waals surface area (Å²) in [5.74, 6) is -1.02. The molecule has 1 amide bonds. The van der Waals surface area contributed by atoms with Crippen molar-refractivity contribution in [3.63, 3.8) is 0 Å². The lowest BCUT2D eigenvalue weighted by atomic mass is 9.64. The molecule has 1 saturated carbocycles. The summed E-state index contributed by atoms with van der Waals surface area (Å²) in [6.07, 6.45) is 3.07. The molecule has 1 aliphatic carbocycles. The molecule has 0 aliphatic heterocycles. The summed E-state index contributed by atoms with van der Waals surface area (Å²) >= 11 is 0. The molecular formula is C23H22FN3O2. The summed E-state index contributed by atoms with van der Waals surface area (Å²) in [4.78, 5) is 25.2. The van der Waals surface area contributed by atoms with E-state index in [9.17, 15) is 14.0 Å². The molecule has 0 unspecified atom stereocenters. The molecule has 29 heavy (non-hydrogen) atoms. The number of hydrogen-bond donors (Lipinski definition) is 1. The zero-order valence-corrected chi connectivity index (χ0v) is 16.2. The largest absolute Gasteiger partial charge is 0.350 e. The van der Waals surface area contributed by atoms with E-state index in [-0.39, 0.29) is 16.8 Å². The van der Waals surface area contributed by atoms with Gasteiger partial charge in [0, 0.05) is 23.7 Å². The van der Waals surface area contributed by atoms with E-state index in [0.717, 1.165) is 19.3 Å². The fraction of sp³-hybridized carbons (Fsp3) is 0.261. The topological polar surface area (TPSA) is 64.0 Å². The fourth-order valence-electron chi connectivity index (χ4n) is 3.87. The Kier molecular flexibility index (Phi) is 5.01. The van der Waals surface area contributed by atoms with Gasteiger partial charge in [0.1, 0.15) is 11.5 Å². The summed E-state index contributed by atoms with van der Waals surface area (Å²) in [6, 6.07) is 17.5. The Morgan fingerprint density at radius 2 is 1.83 bits per heavy atom. The second kappa shape index (κ2) is 7.62. The molecule has 0 bridgehead atoms. The SMILES string of the molecule is Cc1cc(=O)c(C(=O)NCC2(c3ccccc3)CCC2)nn1-c1ccccc1F. The quantitative estimate of drug-likeness (QED) is 0.724. The van der Waals surface area contributed by atoms with Crippen LogP contribution in [0.5, 0.6) is 0 Å². The average Bonchev–Trinajstić information content (AvgIpc) is 2.69. The van der Waals surface area contributed by atoms with E-state index < -0.39 is 17.2 Å². The highest BCUT2D eigenvalue weighted by Crippen LogP contribution is 2.43. The molecule has 0 radical (unpaired) electrons. The molecule has 5 nitrogen and oxygen atoms in total. The Balaban J connectivity index is 1.60. The minimum absolute atomic E-state index is 0.105. The summed E-state index contributed by atoms with van der Waals surface area (Å²) < 4.78 is 15.5. The van der Waals surface area contributed by atoms with Crippen LogP contribution in [0.25, 0.3) is 5.69 Å². The summed E-state index contributed by atoms with van der Waals surface area (Å²) in [5, 5.41) is 7.06. The number of carbonyl (C=O) groups excluding carboxylic acids is 1. The second-order valence-electron chi connectivity index (χ2n) is 7.54. The number of carbonyl (C=O) groups is 1. The molecule has 3 aromatic rings. The third-order valence-corrected chi connectivity index (χ3v) is 5.69. The maximum absolute atomic E-state index is 14.2. The van der Waals surface area contributed by atoms with Crippen LogP contribution in [-0.2, 0) is 5.41 Å². The zero-order chi connectivity index (χ0) is 20.4. The molecule has 2 aromatic carbocycles. The predicted octanol–water partition coefficient (Wildman–Crippen LogP) is 3.53. The minimum atomic E-state index is -0.540. The van der Waals surface area contributed by atoms with E-state index in [4.69, 9.17) is 0 Å². The lowest BCUT2D eigenvalue weighted by Crippen LogP contribution is -2.46. The number of aryl methyl sites for hydroxylation is 1. The van der Waals surface area contributed by atoms with Crippen LogP contribution in [-0.4, -0.2) is 22.2 Å². The highest BCUT2D eigenvalue weighted by Gasteiger charge is 2.39. The van der Waals surface area contributed by atoms with Gasteiger partial charge in [0.25, 0.3) is 5.91 Å². The summed E-state index contributed by atoms with van der Waals surface area (Å²) in [5.41, 5.74) is 1.02. The van der Waals surface area contributed by atoms with Gasteiger partial charge in [0.15, 0.2) is 5.69 Å². The molecule has 1 aliphatic rings. The molecule has 1 heterocycles. The van der Waals surface area contributed by atoms with Gasteiger partial charge in [-0.05, 0) is 37.5 Å². The van der Waals surface area contributed by atoms with Crippen LogP contribution >= 0.6 is 0 Å². The van der Waals surface area contributed by atoms with E-state index in [1.54, 1.807) is 25.1 Å². The van der Waals surface area contributed by atoms with Gasteiger partial charge in [0.2, 0.25) is 5.43 Å². The van der Waals surface area contributed by atoms with Gasteiger partial charge in [0.05, 0.1) is 0 Å². The Bertz CT molecular complexity index is 1100. The number of nitrogens with zero attached hydrogens (tertiary/aromatic N) is 2. The molecule has 0 atom stereocenters. The van der Waals surface area contributed by atoms with Crippen molar-refractivity contribution in [2.24, 2.45) is 0 Å². The number of nitrogens with one attached hydrogen (secondary N) is 1. The average molecular weight is 391 g/mol. The first kappa shape index (κ1) is 19.1. The van der Waals surface area contributed by atoms with Crippen molar-refractivity contribution in [1.29, 1.82) is 0 Å². The maximum atomic E-state index is 14.2. The van der Waals surface area contributed by atoms with Crippen LogP contribution in [0.3, 0.4) is 0 Å². The van der Waals surface area contributed by atoms with Crippen molar-refractivity contribution >= 4 is 5.91 Å². The highest BCUT2D eigenvalue weighted by molar-refractivity contribution is 5.92. The van der Waals surface area contributed by atoms with Gasteiger partial charge in [-0.2, -0.15) is 5.10 Å². The van der Waals surface area contributed by atoms with Crippen molar-refractivity contribution < 1.29 is 9.18 Å². The maximum Gasteiger partial charge on any atom is 0.275 e. The van der Waals surface area contributed by atoms with Crippen LogP contribution in [0.15, 0.2) is 65.5 Å². The molecule has 0 saturated heterocycles. The van der Waals surface area contributed by atoms with Crippen LogP contribution < -0.4 is 10.7 Å². The zero-order valence-electron chi connectivity index (χ0n) is 16.2. The van der Waals surface area contributed by atoms with E-state index in [1.807, 2.05) is 18.2 Å². The lowest BCUT2D eigenvalue weighted by Gasteiger charge is -2.42. The van der Waals surface area contributed by atoms with E-state index >= 15 is 0 Å². The Morgan fingerprint density at radius 3 is 2.48 bits per heavy atom. The van der Waals surface area contributed by atoms with Crippen LogP contribution in [0, 0.1) is 12.7 Å². The van der Waals surface area contributed by atoms with Crippen molar-refractivity contribution in [2.75, 3.05) is 6.54 Å². The van der Waals surface area contributed by atoms with Gasteiger partial charge in [-0.1, -0.05) is 48.9 Å². The highest BCUT2D eigenvalue weighted by atomic mass is 19.1. The predicted molar refractivity (Wildman–Crippen MR) is 109 cm³/mol. The first-order valence-corrected chi connectivity index (χ1v) is 9.70. The fourth-order valence-corrected chi connectivity index (χ4v) is 3.87. The number of benzene rings is 2. The lowest BCUT2D eigenvalue weighted by molar-refractivity contribution is 0.0920. The van der Waals surface area contributed by atoms with E-state index in [2.05, 4.69) is 22.5 Å². The second-order valence-corrected chi connectivity index (χ2v) is 7.54. The van der Waals surface area contributed by atoms with Crippen molar-refractivity contribution in [1.82, 2.24) is 15.1 Å². The molecule has 0 spiro atoms. The van der Waals surface area contributed by atoms with Gasteiger partial charge in [-0.15, -0.1) is 0 Å². The number of para-hydroxylation sites is 1. The number of aromatic nitrogens is 2. The minimum Gasteiger partial charge on any atom is -0.350 e. The number of hydrogen-bond acceptors (Lipinski definition) is 3. The number of halogens is 1. The van der Waals surface area contributed by atoms with Gasteiger partial charge >= 0.3 is 0 Å².